The number of hydrogen-bond donors (Lipinski definition) is 1. The fourth-order valence-electron chi connectivity index (χ4n) is 1.83. The first-order valence-corrected chi connectivity index (χ1v) is 9.18. The van der Waals surface area contributed by atoms with Gasteiger partial charge in [-0.15, -0.1) is 0 Å². The first-order valence-electron chi connectivity index (χ1n) is 6.27. The number of rotatable bonds is 4. The molecule has 0 spiro atoms. The van der Waals surface area contributed by atoms with Crippen LogP contribution in [0.3, 0.4) is 0 Å². The van der Waals surface area contributed by atoms with E-state index in [4.69, 9.17) is 9.53 Å². The van der Waals surface area contributed by atoms with Gasteiger partial charge in [0.1, 0.15) is 0 Å². The van der Waals surface area contributed by atoms with E-state index in [9.17, 15) is 0 Å². The molecule has 1 heterocycles. The molecule has 1 rings (SSSR count). The predicted octanol–water partition coefficient (Wildman–Crippen LogP) is 2.07. The van der Waals surface area contributed by atoms with Crippen LogP contribution in [-0.2, 0) is 4.43 Å². The average Bonchev–Trinajstić information content (AvgIpc) is 2.50. The molecule has 0 aromatic rings. The summed E-state index contributed by atoms with van der Waals surface area (Å²) in [5, 5.41) is 9.19. The third-order valence-corrected chi connectivity index (χ3v) is 8.45. The van der Waals surface area contributed by atoms with Gasteiger partial charge in [-0.05, 0) is 24.6 Å². The average molecular weight is 245 g/mol. The van der Waals surface area contributed by atoms with Crippen molar-refractivity contribution in [3.05, 3.63) is 0 Å². The number of likely N-dealkylation sites (tertiary alicyclic amines) is 1. The van der Waals surface area contributed by atoms with Gasteiger partial charge in [0, 0.05) is 19.6 Å². The van der Waals surface area contributed by atoms with E-state index in [0.717, 1.165) is 26.1 Å². The maximum Gasteiger partial charge on any atom is 0.192 e. The first-order chi connectivity index (χ1) is 7.26. The summed E-state index contributed by atoms with van der Waals surface area (Å²) >= 11 is 0. The fraction of sp³-hybridized carbons (Fsp3) is 1.00. The molecule has 0 aromatic heterocycles. The van der Waals surface area contributed by atoms with Crippen LogP contribution in [0.5, 0.6) is 0 Å². The summed E-state index contributed by atoms with van der Waals surface area (Å²) < 4.78 is 6.36. The zero-order valence-corrected chi connectivity index (χ0v) is 12.4. The lowest BCUT2D eigenvalue weighted by Gasteiger charge is -2.38. The molecule has 0 saturated carbocycles. The molecule has 3 nitrogen and oxygen atoms in total. The molecule has 1 aliphatic heterocycles. The molecule has 4 heteroatoms. The van der Waals surface area contributed by atoms with Gasteiger partial charge in [-0.25, -0.2) is 0 Å². The van der Waals surface area contributed by atoms with E-state index in [1.165, 1.54) is 0 Å². The number of aliphatic hydroxyl groups is 1. The molecule has 0 radical (unpaired) electrons. The molecule has 0 aliphatic carbocycles. The van der Waals surface area contributed by atoms with Crippen LogP contribution < -0.4 is 0 Å². The van der Waals surface area contributed by atoms with Crippen LogP contribution >= 0.6 is 0 Å². The van der Waals surface area contributed by atoms with Gasteiger partial charge in [0.2, 0.25) is 0 Å². The third kappa shape index (κ3) is 3.55. The fourth-order valence-corrected chi connectivity index (χ4v) is 3.21. The molecular formula is C12H27NO2Si. The van der Waals surface area contributed by atoms with E-state index in [2.05, 4.69) is 38.8 Å². The molecule has 1 saturated heterocycles. The molecule has 0 unspecified atom stereocenters. The second-order valence-electron chi connectivity index (χ2n) is 6.31. The summed E-state index contributed by atoms with van der Waals surface area (Å²) in [6.45, 7) is 14.6. The summed E-state index contributed by atoms with van der Waals surface area (Å²) in [6.07, 6.45) is 1.50. The summed E-state index contributed by atoms with van der Waals surface area (Å²) in [5.41, 5.74) is 0. The lowest BCUT2D eigenvalue weighted by Crippen LogP contribution is -2.44. The van der Waals surface area contributed by atoms with Gasteiger partial charge in [0.25, 0.3) is 0 Å². The summed E-state index contributed by atoms with van der Waals surface area (Å²) in [6, 6.07) is 0. The Labute approximate surface area is 101 Å². The number of β-amino-alcohol motifs (C(OH)–C–C–N with tert-alkyl or cyclic N) is 1. The maximum atomic E-state index is 8.90. The molecule has 0 aromatic carbocycles. The first kappa shape index (κ1) is 14.2. The van der Waals surface area contributed by atoms with Gasteiger partial charge >= 0.3 is 0 Å². The number of hydrogen-bond acceptors (Lipinski definition) is 3. The number of aliphatic hydroxyl groups excluding tert-OH is 1. The molecule has 1 N–H and O–H groups in total. The lowest BCUT2D eigenvalue weighted by molar-refractivity contribution is 0.168. The predicted molar refractivity (Wildman–Crippen MR) is 70.2 cm³/mol. The highest BCUT2D eigenvalue weighted by Gasteiger charge is 2.40. The Bertz CT molecular complexity index is 226. The summed E-state index contributed by atoms with van der Waals surface area (Å²) in [5.74, 6) is 0. The van der Waals surface area contributed by atoms with Crippen molar-refractivity contribution >= 4 is 8.32 Å². The van der Waals surface area contributed by atoms with E-state index < -0.39 is 8.32 Å². The lowest BCUT2D eigenvalue weighted by atomic mass is 10.2. The zero-order chi connectivity index (χ0) is 12.4. The van der Waals surface area contributed by atoms with Crippen molar-refractivity contribution in [2.45, 2.75) is 51.4 Å². The van der Waals surface area contributed by atoms with Crippen LogP contribution in [0.2, 0.25) is 18.1 Å². The molecule has 1 aliphatic rings. The Morgan fingerprint density at radius 3 is 2.50 bits per heavy atom. The van der Waals surface area contributed by atoms with Gasteiger partial charge in [0.15, 0.2) is 8.32 Å². The highest BCUT2D eigenvalue weighted by molar-refractivity contribution is 6.74. The van der Waals surface area contributed by atoms with Crippen LogP contribution in [0.15, 0.2) is 0 Å². The minimum atomic E-state index is -1.61. The van der Waals surface area contributed by atoms with E-state index in [-0.39, 0.29) is 11.6 Å². The van der Waals surface area contributed by atoms with Gasteiger partial charge in [-0.1, -0.05) is 20.8 Å². The van der Waals surface area contributed by atoms with E-state index in [1.54, 1.807) is 0 Å². The van der Waals surface area contributed by atoms with E-state index >= 15 is 0 Å². The number of nitrogens with zero attached hydrogens (tertiary/aromatic N) is 1. The van der Waals surface area contributed by atoms with Crippen molar-refractivity contribution in [1.82, 2.24) is 4.90 Å². The minimum Gasteiger partial charge on any atom is -0.413 e. The van der Waals surface area contributed by atoms with Crippen LogP contribution in [0.4, 0.5) is 0 Å². The summed E-state index contributed by atoms with van der Waals surface area (Å²) in [4.78, 5) is 2.29. The maximum absolute atomic E-state index is 8.90. The molecule has 96 valence electrons. The zero-order valence-electron chi connectivity index (χ0n) is 11.4. The van der Waals surface area contributed by atoms with E-state index in [0.29, 0.717) is 6.10 Å². The Kier molecular flexibility index (Phi) is 4.57. The Hall–Kier alpha value is 0.0969. The van der Waals surface area contributed by atoms with E-state index in [1.807, 2.05) is 0 Å². The SMILES string of the molecule is CC(C)(C)[Si](C)(C)O[C@@H]1CCN(CCO)C1. The monoisotopic (exact) mass is 245 g/mol. The highest BCUT2D eigenvalue weighted by Crippen LogP contribution is 2.38. The molecule has 1 fully saturated rings. The minimum absolute atomic E-state index is 0.257. The summed E-state index contributed by atoms with van der Waals surface area (Å²) in [7, 11) is -1.61. The van der Waals surface area contributed by atoms with Crippen molar-refractivity contribution in [3.8, 4) is 0 Å². The van der Waals surface area contributed by atoms with Gasteiger partial charge in [-0.2, -0.15) is 0 Å². The standard InChI is InChI=1S/C12H27NO2Si/c1-12(2,3)16(4,5)15-11-6-7-13(10-11)8-9-14/h11,14H,6-10H2,1-5H3/t11-/m1/s1. The Morgan fingerprint density at radius 2 is 2.00 bits per heavy atom. The molecule has 0 bridgehead atoms. The normalized spacial score (nSPS) is 24.0. The topological polar surface area (TPSA) is 32.7 Å². The van der Waals surface area contributed by atoms with Crippen LogP contribution in [0.1, 0.15) is 27.2 Å². The quantitative estimate of drug-likeness (QED) is 0.770. The van der Waals surface area contributed by atoms with Crippen molar-refractivity contribution < 1.29 is 9.53 Å². The van der Waals surface area contributed by atoms with Crippen molar-refractivity contribution in [1.29, 1.82) is 0 Å². The van der Waals surface area contributed by atoms with Crippen LogP contribution in [-0.4, -0.2) is 50.7 Å². The largest absolute Gasteiger partial charge is 0.413 e. The van der Waals surface area contributed by atoms with Gasteiger partial charge < -0.3 is 9.53 Å². The van der Waals surface area contributed by atoms with Crippen molar-refractivity contribution in [2.24, 2.45) is 0 Å². The second-order valence-corrected chi connectivity index (χ2v) is 11.1. The molecular weight excluding hydrogens is 218 g/mol. The van der Waals surface area contributed by atoms with Crippen molar-refractivity contribution in [3.63, 3.8) is 0 Å². The van der Waals surface area contributed by atoms with Crippen LogP contribution in [0.25, 0.3) is 0 Å². The van der Waals surface area contributed by atoms with Gasteiger partial charge in [0.05, 0.1) is 12.7 Å². The van der Waals surface area contributed by atoms with Crippen LogP contribution in [0, 0.1) is 0 Å². The molecule has 1 atom stereocenters. The van der Waals surface area contributed by atoms with Crippen molar-refractivity contribution in [2.75, 3.05) is 26.2 Å². The second kappa shape index (κ2) is 5.17. The smallest absolute Gasteiger partial charge is 0.192 e. The Balaban J connectivity index is 2.45. The van der Waals surface area contributed by atoms with Gasteiger partial charge in [-0.3, -0.25) is 4.90 Å². The highest BCUT2D eigenvalue weighted by atomic mass is 28.4. The third-order valence-electron chi connectivity index (χ3n) is 3.91. The molecule has 16 heavy (non-hydrogen) atoms. The Morgan fingerprint density at radius 1 is 1.38 bits per heavy atom. The molecule has 0 amide bonds.